The summed E-state index contributed by atoms with van der Waals surface area (Å²) in [6, 6.07) is 16.1. The van der Waals surface area contributed by atoms with E-state index in [1.54, 1.807) is 38.4 Å². The topological polar surface area (TPSA) is 87.6 Å². The van der Waals surface area contributed by atoms with Gasteiger partial charge in [0.2, 0.25) is 0 Å². The summed E-state index contributed by atoms with van der Waals surface area (Å²) in [5, 5.41) is 13.7. The van der Waals surface area contributed by atoms with Crippen LogP contribution >= 0.6 is 0 Å². The first kappa shape index (κ1) is 23.2. The largest absolute Gasteiger partial charge is 0.416 e. The number of aromatic nitrogens is 4. The Balaban J connectivity index is 1.45. The number of rotatable bonds is 5. The molecule has 10 heteroatoms. The van der Waals surface area contributed by atoms with Crippen molar-refractivity contribution in [1.29, 1.82) is 0 Å². The molecule has 0 aliphatic heterocycles. The van der Waals surface area contributed by atoms with E-state index in [1.807, 2.05) is 24.3 Å². The van der Waals surface area contributed by atoms with E-state index in [0.29, 0.717) is 11.3 Å². The van der Waals surface area contributed by atoms with Gasteiger partial charge in [0.05, 0.1) is 23.1 Å². The molecule has 36 heavy (non-hydrogen) atoms. The highest BCUT2D eigenvalue weighted by Crippen LogP contribution is 2.33. The Labute approximate surface area is 204 Å². The molecule has 0 atom stereocenters. The van der Waals surface area contributed by atoms with Crippen molar-refractivity contribution in [2.45, 2.75) is 13.1 Å². The Morgan fingerprint density at radius 1 is 1.03 bits per heavy atom. The van der Waals surface area contributed by atoms with Crippen LogP contribution in [0, 0.1) is 6.92 Å². The van der Waals surface area contributed by atoms with Crippen molar-refractivity contribution in [3.63, 3.8) is 0 Å². The Morgan fingerprint density at radius 2 is 1.83 bits per heavy atom. The Hall–Kier alpha value is -4.60. The summed E-state index contributed by atoms with van der Waals surface area (Å²) < 4.78 is 42.1. The number of imidazole rings is 1. The second kappa shape index (κ2) is 8.88. The molecule has 5 rings (SSSR count). The average Bonchev–Trinajstić information content (AvgIpc) is 3.49. The van der Waals surface area contributed by atoms with Gasteiger partial charge in [-0.25, -0.2) is 4.98 Å². The molecule has 7 nitrogen and oxygen atoms in total. The predicted molar refractivity (Wildman–Crippen MR) is 132 cm³/mol. The molecule has 3 aromatic carbocycles. The third-order valence-corrected chi connectivity index (χ3v) is 5.77. The van der Waals surface area contributed by atoms with Gasteiger partial charge in [0.1, 0.15) is 0 Å². The fourth-order valence-corrected chi connectivity index (χ4v) is 3.99. The number of anilines is 2. The number of H-pyrrole nitrogens is 1. The first-order valence-corrected chi connectivity index (χ1v) is 11.0. The lowest BCUT2D eigenvalue weighted by Gasteiger charge is -2.14. The van der Waals surface area contributed by atoms with Gasteiger partial charge in [-0.15, -0.1) is 0 Å². The monoisotopic (exact) mass is 490 g/mol. The van der Waals surface area contributed by atoms with Crippen LogP contribution < -0.4 is 10.6 Å². The normalized spacial score (nSPS) is 11.6. The molecule has 0 spiro atoms. The van der Waals surface area contributed by atoms with E-state index < -0.39 is 17.6 Å². The van der Waals surface area contributed by atoms with Crippen molar-refractivity contribution >= 4 is 28.3 Å². The Kier molecular flexibility index (Phi) is 5.71. The molecular weight excluding hydrogens is 469 g/mol. The molecule has 3 N–H and O–H groups in total. The molecule has 0 radical (unpaired) electrons. The van der Waals surface area contributed by atoms with Crippen LogP contribution in [-0.4, -0.2) is 32.7 Å². The molecule has 0 saturated heterocycles. The third-order valence-electron chi connectivity index (χ3n) is 5.77. The van der Waals surface area contributed by atoms with Crippen LogP contribution in [0.15, 0.2) is 73.2 Å². The molecule has 0 fully saturated rings. The van der Waals surface area contributed by atoms with Crippen LogP contribution in [-0.2, 0) is 6.18 Å². The number of alkyl halides is 3. The molecule has 5 aromatic rings. The van der Waals surface area contributed by atoms with Gasteiger partial charge >= 0.3 is 6.18 Å². The maximum Gasteiger partial charge on any atom is 0.416 e. The number of hydrogen-bond acceptors (Lipinski definition) is 4. The highest BCUT2D eigenvalue weighted by Gasteiger charge is 2.31. The second-order valence-electron chi connectivity index (χ2n) is 8.31. The van der Waals surface area contributed by atoms with Gasteiger partial charge in [-0.05, 0) is 60.5 Å². The van der Waals surface area contributed by atoms with Crippen LogP contribution in [0.2, 0.25) is 0 Å². The second-order valence-corrected chi connectivity index (χ2v) is 8.31. The van der Waals surface area contributed by atoms with Gasteiger partial charge < -0.3 is 15.2 Å². The van der Waals surface area contributed by atoms with Crippen LogP contribution in [0.25, 0.3) is 27.7 Å². The van der Waals surface area contributed by atoms with Crippen molar-refractivity contribution in [2.24, 2.45) is 0 Å². The van der Waals surface area contributed by atoms with E-state index in [0.717, 1.165) is 40.0 Å². The number of halogens is 3. The molecule has 0 aliphatic carbocycles. The minimum Gasteiger partial charge on any atom is -0.371 e. The molecule has 0 saturated carbocycles. The maximum atomic E-state index is 13.6. The first-order valence-electron chi connectivity index (χ1n) is 11.0. The lowest BCUT2D eigenvalue weighted by atomic mass is 10.0. The van der Waals surface area contributed by atoms with Crippen molar-refractivity contribution in [3.05, 3.63) is 90.0 Å². The zero-order chi connectivity index (χ0) is 25.4. The van der Waals surface area contributed by atoms with Crippen molar-refractivity contribution in [1.82, 2.24) is 19.7 Å². The molecule has 182 valence electrons. The number of carbonyl (C=O) groups excluding carboxylic acids is 1. The van der Waals surface area contributed by atoms with E-state index in [2.05, 4.69) is 25.8 Å². The molecule has 2 aromatic heterocycles. The Bertz CT molecular complexity index is 1580. The number of benzene rings is 3. The number of aryl methyl sites for hydroxylation is 1. The number of hydrogen-bond donors (Lipinski definition) is 3. The maximum absolute atomic E-state index is 13.6. The molecule has 1 amide bonds. The standard InChI is InChI=1S/C26H21F3N6O/c1-15-13-35(14-31-15)21-11-19(26(27,28)29)10-20(12-21)32-25(36)18-5-3-4-16(8-18)17-6-7-22-23(9-17)33-34-24(22)30-2/h3-14H,1-2H3,(H,32,36)(H2,30,33,34). The minimum absolute atomic E-state index is 0.0278. The van der Waals surface area contributed by atoms with Crippen molar-refractivity contribution < 1.29 is 18.0 Å². The summed E-state index contributed by atoms with van der Waals surface area (Å²) in [4.78, 5) is 17.1. The zero-order valence-electron chi connectivity index (χ0n) is 19.3. The van der Waals surface area contributed by atoms with Crippen LogP contribution in [0.1, 0.15) is 21.6 Å². The first-order chi connectivity index (χ1) is 17.2. The van der Waals surface area contributed by atoms with Gasteiger partial charge in [-0.1, -0.05) is 18.2 Å². The fourth-order valence-electron chi connectivity index (χ4n) is 3.99. The van der Waals surface area contributed by atoms with E-state index in [1.165, 1.54) is 17.0 Å². The van der Waals surface area contributed by atoms with Crippen molar-refractivity contribution in [2.75, 3.05) is 17.7 Å². The van der Waals surface area contributed by atoms with E-state index in [4.69, 9.17) is 0 Å². The van der Waals surface area contributed by atoms with Gasteiger partial charge in [0.25, 0.3) is 5.91 Å². The lowest BCUT2D eigenvalue weighted by Crippen LogP contribution is -2.14. The van der Waals surface area contributed by atoms with E-state index in [-0.39, 0.29) is 11.4 Å². The van der Waals surface area contributed by atoms with Crippen LogP contribution in [0.4, 0.5) is 24.7 Å². The van der Waals surface area contributed by atoms with Gasteiger partial charge in [-0.2, -0.15) is 18.3 Å². The molecule has 0 unspecified atom stereocenters. The number of nitrogens with one attached hydrogen (secondary N) is 3. The highest BCUT2D eigenvalue weighted by molar-refractivity contribution is 6.05. The lowest BCUT2D eigenvalue weighted by molar-refractivity contribution is -0.137. The summed E-state index contributed by atoms with van der Waals surface area (Å²) in [6.07, 6.45) is -1.54. The molecule has 2 heterocycles. The number of amides is 1. The number of nitrogens with zero attached hydrogens (tertiary/aromatic N) is 3. The number of aromatic amines is 1. The zero-order valence-corrected chi connectivity index (χ0v) is 19.3. The highest BCUT2D eigenvalue weighted by atomic mass is 19.4. The summed E-state index contributed by atoms with van der Waals surface area (Å²) in [7, 11) is 1.79. The minimum atomic E-state index is -4.58. The SMILES string of the molecule is CNc1n[nH]c2cc(-c3cccc(C(=O)Nc4cc(-n5cnc(C)c5)cc(C(F)(F)F)c4)c3)ccc12. The van der Waals surface area contributed by atoms with Gasteiger partial charge in [0.15, 0.2) is 5.82 Å². The van der Waals surface area contributed by atoms with Gasteiger partial charge in [0, 0.05) is 35.6 Å². The van der Waals surface area contributed by atoms with Crippen LogP contribution in [0.5, 0.6) is 0 Å². The molecule has 0 aliphatic rings. The van der Waals surface area contributed by atoms with Gasteiger partial charge in [-0.3, -0.25) is 9.89 Å². The predicted octanol–water partition coefficient (Wildman–Crippen LogP) is 6.04. The van der Waals surface area contributed by atoms with E-state index >= 15 is 0 Å². The van der Waals surface area contributed by atoms with Crippen molar-refractivity contribution in [3.8, 4) is 16.8 Å². The summed E-state index contributed by atoms with van der Waals surface area (Å²) in [6.45, 7) is 1.74. The summed E-state index contributed by atoms with van der Waals surface area (Å²) >= 11 is 0. The van der Waals surface area contributed by atoms with E-state index in [9.17, 15) is 18.0 Å². The number of carbonyl (C=O) groups is 1. The Morgan fingerprint density at radius 3 is 2.56 bits per heavy atom. The smallest absolute Gasteiger partial charge is 0.371 e. The average molecular weight is 490 g/mol. The summed E-state index contributed by atoms with van der Waals surface area (Å²) in [5.41, 5.74) is 2.84. The molecule has 0 bridgehead atoms. The summed E-state index contributed by atoms with van der Waals surface area (Å²) in [5.74, 6) is 0.208. The van der Waals surface area contributed by atoms with Crippen LogP contribution in [0.3, 0.4) is 0 Å². The number of fused-ring (bicyclic) bond motifs is 1. The molecular formula is C26H21F3N6O. The fraction of sp³-hybridized carbons (Fsp3) is 0.115. The quantitative estimate of drug-likeness (QED) is 0.280. The third kappa shape index (κ3) is 4.52.